The van der Waals surface area contributed by atoms with E-state index in [1.54, 1.807) is 6.20 Å². The van der Waals surface area contributed by atoms with Crippen LogP contribution in [0.25, 0.3) is 11.3 Å². The molecule has 1 aliphatic rings. The molecular weight excluding hydrogens is 431 g/mol. The lowest BCUT2D eigenvalue weighted by molar-refractivity contribution is 0.102. The molecule has 1 aliphatic carbocycles. The maximum atomic E-state index is 14.4. The molecule has 0 saturated heterocycles. The fourth-order valence-corrected chi connectivity index (χ4v) is 4.38. The number of carbonyl (C=O) groups is 1. The van der Waals surface area contributed by atoms with E-state index in [1.807, 2.05) is 13.0 Å². The second kappa shape index (κ2) is 9.29. The molecule has 0 radical (unpaired) electrons. The summed E-state index contributed by atoms with van der Waals surface area (Å²) in [6, 6.07) is 6.81. The number of hydrogen-bond donors (Lipinski definition) is 3. The minimum atomic E-state index is -0.977. The van der Waals surface area contributed by atoms with Crippen molar-refractivity contribution in [3.63, 3.8) is 0 Å². The highest BCUT2D eigenvalue weighted by Crippen LogP contribution is 2.38. The van der Waals surface area contributed by atoms with Crippen LogP contribution in [0.5, 0.6) is 0 Å². The van der Waals surface area contributed by atoms with Gasteiger partial charge in [0.05, 0.1) is 17.4 Å². The van der Waals surface area contributed by atoms with E-state index >= 15 is 0 Å². The summed E-state index contributed by atoms with van der Waals surface area (Å²) in [6.07, 6.45) is 4.60. The summed E-state index contributed by atoms with van der Waals surface area (Å²) in [5.41, 5.74) is 12.3. The second-order valence-corrected chi connectivity index (χ2v) is 8.43. The van der Waals surface area contributed by atoms with Crippen LogP contribution in [-0.4, -0.2) is 28.0 Å². The van der Waals surface area contributed by atoms with Crippen molar-refractivity contribution in [1.82, 2.24) is 9.97 Å². The molecule has 4 atom stereocenters. The minimum absolute atomic E-state index is 0.0670. The van der Waals surface area contributed by atoms with Crippen LogP contribution in [-0.2, 0) is 0 Å². The first kappa shape index (κ1) is 22.9. The van der Waals surface area contributed by atoms with Gasteiger partial charge in [-0.05, 0) is 60.6 Å². The zero-order valence-corrected chi connectivity index (χ0v) is 17.9. The third kappa shape index (κ3) is 4.60. The molecule has 1 fully saturated rings. The Kier molecular flexibility index (Phi) is 6.44. The van der Waals surface area contributed by atoms with E-state index in [4.69, 9.17) is 11.5 Å². The van der Waals surface area contributed by atoms with Gasteiger partial charge in [-0.15, -0.1) is 0 Å². The molecule has 0 unspecified atom stereocenters. The van der Waals surface area contributed by atoms with E-state index in [0.29, 0.717) is 12.1 Å². The zero-order valence-electron chi connectivity index (χ0n) is 17.9. The number of nitrogens with zero attached hydrogens (tertiary/aromatic N) is 2. The van der Waals surface area contributed by atoms with Crippen molar-refractivity contribution in [3.8, 4) is 11.3 Å². The number of aromatic nitrogens is 2. The van der Waals surface area contributed by atoms with Gasteiger partial charge in [0, 0.05) is 18.3 Å². The van der Waals surface area contributed by atoms with Crippen molar-refractivity contribution in [1.29, 1.82) is 0 Å². The van der Waals surface area contributed by atoms with Gasteiger partial charge in [-0.25, -0.2) is 18.2 Å². The van der Waals surface area contributed by atoms with Gasteiger partial charge in [-0.2, -0.15) is 0 Å². The summed E-state index contributed by atoms with van der Waals surface area (Å²) in [5.74, 6) is -3.29. The first-order chi connectivity index (χ1) is 15.8. The number of pyridine rings is 2. The van der Waals surface area contributed by atoms with Crippen molar-refractivity contribution in [3.05, 3.63) is 77.5 Å². The van der Waals surface area contributed by atoms with Crippen LogP contribution in [0.3, 0.4) is 0 Å². The fourth-order valence-electron chi connectivity index (χ4n) is 4.38. The van der Waals surface area contributed by atoms with Gasteiger partial charge in [0.15, 0.2) is 0 Å². The van der Waals surface area contributed by atoms with Gasteiger partial charge < -0.3 is 16.8 Å². The summed E-state index contributed by atoms with van der Waals surface area (Å²) >= 11 is 0. The number of rotatable bonds is 4. The number of amides is 1. The van der Waals surface area contributed by atoms with Crippen LogP contribution in [0.1, 0.15) is 41.7 Å². The highest BCUT2D eigenvalue weighted by molar-refractivity contribution is 6.03. The Labute approximate surface area is 189 Å². The SMILES string of the molecule is C[C@H]1C[C@@H](c2ccncc2NC(=O)c2ccc(F)c(-c3c(F)cccc3F)n2)C[C@@H](N)[C@H]1N. The molecule has 1 amide bonds. The molecule has 0 bridgehead atoms. The Morgan fingerprint density at radius 1 is 1.03 bits per heavy atom. The predicted octanol–water partition coefficient (Wildman–Crippen LogP) is 3.98. The van der Waals surface area contributed by atoms with Crippen LogP contribution in [0.4, 0.5) is 18.9 Å². The Bertz CT molecular complexity index is 1160. The first-order valence-corrected chi connectivity index (χ1v) is 10.6. The Hall–Kier alpha value is -3.30. The van der Waals surface area contributed by atoms with Crippen LogP contribution in [0, 0.1) is 23.4 Å². The minimum Gasteiger partial charge on any atom is -0.326 e. The van der Waals surface area contributed by atoms with Crippen LogP contribution in [0.2, 0.25) is 0 Å². The van der Waals surface area contributed by atoms with Crippen LogP contribution in [0.15, 0.2) is 48.8 Å². The molecule has 2 aromatic heterocycles. The Morgan fingerprint density at radius 3 is 2.45 bits per heavy atom. The van der Waals surface area contributed by atoms with Crippen molar-refractivity contribution < 1.29 is 18.0 Å². The summed E-state index contributed by atoms with van der Waals surface area (Å²) in [4.78, 5) is 20.9. The number of benzene rings is 1. The maximum Gasteiger partial charge on any atom is 0.274 e. The number of halogens is 3. The van der Waals surface area contributed by atoms with Gasteiger partial charge >= 0.3 is 0 Å². The van der Waals surface area contributed by atoms with Gasteiger partial charge in [-0.3, -0.25) is 9.78 Å². The number of carbonyl (C=O) groups excluding carboxylic acids is 1. The molecule has 6 nitrogen and oxygen atoms in total. The van der Waals surface area contributed by atoms with E-state index in [0.717, 1.165) is 42.3 Å². The molecule has 1 aromatic carbocycles. The van der Waals surface area contributed by atoms with E-state index in [-0.39, 0.29) is 29.6 Å². The number of anilines is 1. The number of nitrogens with one attached hydrogen (secondary N) is 1. The molecule has 1 saturated carbocycles. The summed E-state index contributed by atoms with van der Waals surface area (Å²) in [6.45, 7) is 2.04. The van der Waals surface area contributed by atoms with Crippen molar-refractivity contribution >= 4 is 11.6 Å². The number of nitrogens with two attached hydrogens (primary N) is 2. The molecule has 4 rings (SSSR count). The molecule has 5 N–H and O–H groups in total. The largest absolute Gasteiger partial charge is 0.326 e. The van der Waals surface area contributed by atoms with Crippen molar-refractivity contribution in [2.75, 3.05) is 5.32 Å². The molecule has 172 valence electrons. The Balaban J connectivity index is 1.63. The lowest BCUT2D eigenvalue weighted by Gasteiger charge is -2.37. The van der Waals surface area contributed by atoms with Gasteiger partial charge in [0.1, 0.15) is 28.8 Å². The predicted molar refractivity (Wildman–Crippen MR) is 119 cm³/mol. The summed E-state index contributed by atoms with van der Waals surface area (Å²) in [7, 11) is 0. The van der Waals surface area contributed by atoms with E-state index in [1.165, 1.54) is 6.20 Å². The average Bonchev–Trinajstić information content (AvgIpc) is 2.78. The number of hydrogen-bond acceptors (Lipinski definition) is 5. The standard InChI is InChI=1S/C24H24F3N5O/c1-12-9-13(10-18(28)22(12)29)14-7-8-30-11-20(14)32-24(33)19-6-5-17(27)23(31-19)21-15(25)3-2-4-16(21)26/h2-8,11-13,18,22H,9-10,28-29H2,1H3,(H,32,33)/t12-,13+,18+,22-/m0/s1. The molecule has 0 spiro atoms. The maximum absolute atomic E-state index is 14.4. The smallest absolute Gasteiger partial charge is 0.274 e. The Morgan fingerprint density at radius 2 is 1.76 bits per heavy atom. The lowest BCUT2D eigenvalue weighted by atomic mass is 9.73. The fraction of sp³-hybridized carbons (Fsp3) is 0.292. The van der Waals surface area contributed by atoms with Crippen LogP contribution < -0.4 is 16.8 Å². The third-order valence-electron chi connectivity index (χ3n) is 6.19. The zero-order chi connectivity index (χ0) is 23.7. The van der Waals surface area contributed by atoms with E-state index in [2.05, 4.69) is 15.3 Å². The van der Waals surface area contributed by atoms with Crippen molar-refractivity contribution in [2.24, 2.45) is 17.4 Å². The molecule has 2 heterocycles. The van der Waals surface area contributed by atoms with Gasteiger partial charge in [0.2, 0.25) is 0 Å². The normalized spacial score (nSPS) is 22.7. The summed E-state index contributed by atoms with van der Waals surface area (Å²) in [5, 5.41) is 2.75. The average molecular weight is 455 g/mol. The molecule has 0 aliphatic heterocycles. The highest BCUT2D eigenvalue weighted by Gasteiger charge is 2.33. The second-order valence-electron chi connectivity index (χ2n) is 8.43. The van der Waals surface area contributed by atoms with Crippen LogP contribution >= 0.6 is 0 Å². The molecule has 3 aromatic rings. The topological polar surface area (TPSA) is 107 Å². The third-order valence-corrected chi connectivity index (χ3v) is 6.19. The molecular formula is C24H24F3N5O. The molecule has 33 heavy (non-hydrogen) atoms. The highest BCUT2D eigenvalue weighted by atomic mass is 19.1. The van der Waals surface area contributed by atoms with E-state index in [9.17, 15) is 18.0 Å². The molecule has 9 heteroatoms. The quantitative estimate of drug-likeness (QED) is 0.552. The monoisotopic (exact) mass is 455 g/mol. The van der Waals surface area contributed by atoms with E-state index < -0.39 is 34.6 Å². The lowest BCUT2D eigenvalue weighted by Crippen LogP contribution is -2.50. The summed E-state index contributed by atoms with van der Waals surface area (Å²) < 4.78 is 42.7. The van der Waals surface area contributed by atoms with Crippen molar-refractivity contribution in [2.45, 2.75) is 37.8 Å². The van der Waals surface area contributed by atoms with Gasteiger partial charge in [-0.1, -0.05) is 13.0 Å². The first-order valence-electron chi connectivity index (χ1n) is 10.6. The van der Waals surface area contributed by atoms with Gasteiger partial charge in [0.25, 0.3) is 5.91 Å².